The highest BCUT2D eigenvalue weighted by molar-refractivity contribution is 8.00. The Bertz CT molecular complexity index is 841. The van der Waals surface area contributed by atoms with E-state index in [0.29, 0.717) is 0 Å². The van der Waals surface area contributed by atoms with Crippen LogP contribution in [0.1, 0.15) is 32.6 Å². The summed E-state index contributed by atoms with van der Waals surface area (Å²) < 4.78 is 4.93. The van der Waals surface area contributed by atoms with Gasteiger partial charge in [-0.25, -0.2) is 4.79 Å². The number of thioether (sulfide) groups is 1. The molecule has 0 aliphatic carbocycles. The van der Waals surface area contributed by atoms with Crippen molar-refractivity contribution in [2.75, 3.05) is 12.4 Å². The highest BCUT2D eigenvalue weighted by Crippen LogP contribution is 2.40. The van der Waals surface area contributed by atoms with Crippen molar-refractivity contribution >= 4 is 47.3 Å². The normalized spacial score (nSPS) is 21.0. The number of Topliss-reactive ketones (excluding diaryl/α,β-unsaturated/α-hetero) is 1. The zero-order valence-electron chi connectivity index (χ0n) is 16.7. The number of ketones is 1. The lowest BCUT2D eigenvalue weighted by Gasteiger charge is -2.49. The molecule has 3 atom stereocenters. The van der Waals surface area contributed by atoms with Crippen molar-refractivity contribution in [2.24, 2.45) is 5.73 Å². The fourth-order valence-electron chi connectivity index (χ4n) is 3.07. The molecule has 13 heteroatoms. The summed E-state index contributed by atoms with van der Waals surface area (Å²) in [6.07, 6.45) is -0.137. The van der Waals surface area contributed by atoms with Gasteiger partial charge in [0.1, 0.15) is 42.0 Å². The van der Waals surface area contributed by atoms with Gasteiger partial charge in [-0.1, -0.05) is 0 Å². The fraction of sp³-hybridized carbons (Fsp3) is 0.556. The molecule has 2 rings (SSSR count). The summed E-state index contributed by atoms with van der Waals surface area (Å²) in [4.78, 5) is 70.5. The lowest BCUT2D eigenvalue weighted by atomic mass is 10.0. The number of carboxylic acids is 2. The van der Waals surface area contributed by atoms with Crippen LogP contribution in [0.2, 0.25) is 0 Å². The van der Waals surface area contributed by atoms with Crippen molar-refractivity contribution in [1.29, 1.82) is 0 Å². The minimum Gasteiger partial charge on any atom is -0.480 e. The van der Waals surface area contributed by atoms with Crippen molar-refractivity contribution in [3.05, 3.63) is 11.3 Å². The Morgan fingerprint density at radius 2 is 1.97 bits per heavy atom. The molecule has 2 aliphatic rings. The molecule has 1 fully saturated rings. The highest BCUT2D eigenvalue weighted by Gasteiger charge is 2.54. The molecular formula is C18H23N3O9S. The zero-order valence-corrected chi connectivity index (χ0v) is 17.5. The van der Waals surface area contributed by atoms with E-state index in [2.05, 4.69) is 5.32 Å². The average Bonchev–Trinajstić information content (AvgIpc) is 2.68. The van der Waals surface area contributed by atoms with Gasteiger partial charge in [0, 0.05) is 17.7 Å². The first-order valence-electron chi connectivity index (χ1n) is 9.35. The Labute approximate surface area is 181 Å². The van der Waals surface area contributed by atoms with Crippen molar-refractivity contribution in [1.82, 2.24) is 10.2 Å². The summed E-state index contributed by atoms with van der Waals surface area (Å²) in [6, 6.07) is -1.99. The van der Waals surface area contributed by atoms with Gasteiger partial charge in [-0.15, -0.1) is 11.8 Å². The molecule has 0 saturated carbocycles. The van der Waals surface area contributed by atoms with Gasteiger partial charge >= 0.3 is 17.9 Å². The molecule has 0 aromatic rings. The maximum Gasteiger partial charge on any atom is 0.352 e. The van der Waals surface area contributed by atoms with Crippen LogP contribution in [-0.2, 0) is 33.5 Å². The van der Waals surface area contributed by atoms with E-state index in [4.69, 9.17) is 15.6 Å². The topological polar surface area (TPSA) is 193 Å². The summed E-state index contributed by atoms with van der Waals surface area (Å²) in [7, 11) is 0. The smallest absolute Gasteiger partial charge is 0.352 e. The molecule has 2 heterocycles. The molecule has 12 nitrogen and oxygen atoms in total. The van der Waals surface area contributed by atoms with E-state index in [1.165, 1.54) is 18.7 Å². The number of nitrogens with two attached hydrogens (primary N) is 1. The molecule has 0 aromatic carbocycles. The third kappa shape index (κ3) is 6.04. The van der Waals surface area contributed by atoms with E-state index >= 15 is 0 Å². The first kappa shape index (κ1) is 24.3. The lowest BCUT2D eigenvalue weighted by molar-refractivity contribution is -0.151. The van der Waals surface area contributed by atoms with E-state index in [9.17, 15) is 33.9 Å². The molecule has 0 aromatic heterocycles. The molecule has 0 bridgehead atoms. The number of amides is 2. The molecule has 1 saturated heterocycles. The van der Waals surface area contributed by atoms with Gasteiger partial charge in [0.05, 0.1) is 0 Å². The van der Waals surface area contributed by atoms with Gasteiger partial charge in [-0.2, -0.15) is 0 Å². The monoisotopic (exact) mass is 457 g/mol. The number of carboxylic acid groups (broad SMARTS) is 2. The SMILES string of the molecule is CC(=O)CC(=O)OCC1=C(C(=O)O)N2C(=O)[C@@H](NC(=O)CCCC(N)C(=O)O)[C@@H]2SC1. The maximum atomic E-state index is 12.5. The summed E-state index contributed by atoms with van der Waals surface area (Å²) in [5.74, 6) is -4.65. The fourth-order valence-corrected chi connectivity index (χ4v) is 4.40. The van der Waals surface area contributed by atoms with E-state index in [1.807, 2.05) is 0 Å². The molecule has 1 unspecified atom stereocenters. The Morgan fingerprint density at radius 3 is 2.55 bits per heavy atom. The maximum absolute atomic E-state index is 12.5. The van der Waals surface area contributed by atoms with Gasteiger partial charge in [0.2, 0.25) is 5.91 Å². The number of hydrogen-bond donors (Lipinski definition) is 4. The molecule has 0 spiro atoms. The Balaban J connectivity index is 1.96. The zero-order chi connectivity index (χ0) is 23.3. The quantitative estimate of drug-likeness (QED) is 0.166. The Hall–Kier alpha value is -2.93. The molecule has 170 valence electrons. The number of fused-ring (bicyclic) bond motifs is 1. The van der Waals surface area contributed by atoms with Gasteiger partial charge < -0.3 is 26.0 Å². The second-order valence-electron chi connectivity index (χ2n) is 7.09. The minimum absolute atomic E-state index is 0.0267. The van der Waals surface area contributed by atoms with Gasteiger partial charge in [-0.05, 0) is 19.8 Å². The van der Waals surface area contributed by atoms with Crippen LogP contribution in [0.15, 0.2) is 11.3 Å². The van der Waals surface area contributed by atoms with Gasteiger partial charge in [0.25, 0.3) is 5.91 Å². The number of rotatable bonds is 11. The first-order valence-corrected chi connectivity index (χ1v) is 10.4. The summed E-state index contributed by atoms with van der Waals surface area (Å²) >= 11 is 1.21. The van der Waals surface area contributed by atoms with Crippen LogP contribution in [0.5, 0.6) is 0 Å². The van der Waals surface area contributed by atoms with Crippen LogP contribution < -0.4 is 11.1 Å². The van der Waals surface area contributed by atoms with Crippen LogP contribution in [0.25, 0.3) is 0 Å². The second-order valence-corrected chi connectivity index (χ2v) is 8.19. The average molecular weight is 457 g/mol. The standard InChI is InChI=1S/C18H23N3O9S/c1-8(22)5-12(24)30-6-9-7-31-16-13(15(25)21(16)14(9)18(28)29)20-11(23)4-2-3-10(19)17(26)27/h10,13,16H,2-7,19H2,1H3,(H,20,23)(H,26,27)(H,28,29)/t10?,13-,16+/m1/s1. The number of carbonyl (C=O) groups excluding carboxylic acids is 4. The molecule has 0 radical (unpaired) electrons. The van der Waals surface area contributed by atoms with Gasteiger partial charge in [-0.3, -0.25) is 28.9 Å². The summed E-state index contributed by atoms with van der Waals surface area (Å²) in [5, 5.41) is 20.2. The summed E-state index contributed by atoms with van der Waals surface area (Å²) in [6.45, 7) is 0.857. The van der Waals surface area contributed by atoms with Crippen molar-refractivity contribution in [2.45, 2.75) is 50.1 Å². The number of aliphatic carboxylic acids is 2. The molecule has 5 N–H and O–H groups in total. The van der Waals surface area contributed by atoms with Crippen molar-refractivity contribution in [3.63, 3.8) is 0 Å². The third-order valence-electron chi connectivity index (χ3n) is 4.60. The van der Waals surface area contributed by atoms with E-state index in [1.54, 1.807) is 0 Å². The molecule has 31 heavy (non-hydrogen) atoms. The summed E-state index contributed by atoms with van der Waals surface area (Å²) in [5.41, 5.74) is 5.28. The Kier molecular flexibility index (Phi) is 8.16. The third-order valence-corrected chi connectivity index (χ3v) is 5.94. The number of hydrogen-bond acceptors (Lipinski definition) is 9. The molecular weight excluding hydrogens is 434 g/mol. The number of nitrogens with one attached hydrogen (secondary N) is 1. The van der Waals surface area contributed by atoms with Crippen molar-refractivity contribution in [3.8, 4) is 0 Å². The van der Waals surface area contributed by atoms with E-state index in [0.717, 1.165) is 4.90 Å². The van der Waals surface area contributed by atoms with Gasteiger partial charge in [0.15, 0.2) is 0 Å². The van der Waals surface area contributed by atoms with Crippen LogP contribution in [-0.4, -0.2) is 80.4 Å². The number of β-lactam (4-membered cyclic amide) rings is 1. The number of carbonyl (C=O) groups is 6. The number of nitrogens with zero attached hydrogens (tertiary/aromatic N) is 1. The predicted octanol–water partition coefficient (Wildman–Crippen LogP) is -1.17. The Morgan fingerprint density at radius 1 is 1.29 bits per heavy atom. The minimum atomic E-state index is -1.37. The molecule has 2 amide bonds. The number of esters is 1. The van der Waals surface area contributed by atoms with E-state index in [-0.39, 0.29) is 42.9 Å². The number of ether oxygens (including phenoxy) is 1. The second kappa shape index (κ2) is 10.4. The van der Waals surface area contributed by atoms with Crippen LogP contribution in [0, 0.1) is 0 Å². The van der Waals surface area contributed by atoms with Crippen LogP contribution in [0.4, 0.5) is 0 Å². The lowest BCUT2D eigenvalue weighted by Crippen LogP contribution is -2.70. The van der Waals surface area contributed by atoms with Crippen LogP contribution >= 0.6 is 11.8 Å². The first-order chi connectivity index (χ1) is 14.5. The van der Waals surface area contributed by atoms with Crippen LogP contribution in [0.3, 0.4) is 0 Å². The largest absolute Gasteiger partial charge is 0.480 e. The highest BCUT2D eigenvalue weighted by atomic mass is 32.2. The van der Waals surface area contributed by atoms with Crippen molar-refractivity contribution < 1.29 is 43.7 Å². The predicted molar refractivity (Wildman–Crippen MR) is 105 cm³/mol. The van der Waals surface area contributed by atoms with E-state index < -0.39 is 59.4 Å². The molecule has 2 aliphatic heterocycles.